The Hall–Kier alpha value is 2.14. The zero-order valence-electron chi connectivity index (χ0n) is 4.13. The molecule has 0 aromatic rings. The number of hydrogen-bond donors (Lipinski definition) is 2. The van der Waals surface area contributed by atoms with E-state index in [0.29, 0.717) is 0 Å². The van der Waals surface area contributed by atoms with Crippen LogP contribution in [0.4, 0.5) is 0 Å². The predicted octanol–water partition coefficient (Wildman–Crippen LogP) is -1.29. The summed E-state index contributed by atoms with van der Waals surface area (Å²) in [6, 6.07) is 0. The molecule has 0 spiro atoms. The minimum absolute atomic E-state index is 0. The van der Waals surface area contributed by atoms with E-state index >= 15 is 0 Å². The zero-order valence-corrected chi connectivity index (χ0v) is 9.01. The van der Waals surface area contributed by atoms with Crippen LogP contribution in [0.2, 0.25) is 0 Å². The fraction of sp³-hybridized carbons (Fsp3) is 0. The molecule has 0 aliphatic heterocycles. The van der Waals surface area contributed by atoms with Gasteiger partial charge in [0.2, 0.25) is 0 Å². The van der Waals surface area contributed by atoms with Gasteiger partial charge in [-0.1, -0.05) is 0 Å². The van der Waals surface area contributed by atoms with Gasteiger partial charge in [0, 0.05) is 0 Å². The van der Waals surface area contributed by atoms with Crippen LogP contribution in [-0.4, -0.2) is 68.9 Å². The van der Waals surface area contributed by atoms with Crippen molar-refractivity contribution < 1.29 is 46.5 Å². The van der Waals surface area contributed by atoms with Gasteiger partial charge in [-0.3, -0.25) is 9.11 Å². The first-order chi connectivity index (χ1) is 3.91. The second-order valence-electron chi connectivity index (χ2n) is 0.652. The van der Waals surface area contributed by atoms with Crippen LogP contribution in [0.25, 0.3) is 0 Å². The van der Waals surface area contributed by atoms with Gasteiger partial charge in [-0.2, -0.15) is 8.42 Å². The van der Waals surface area contributed by atoms with Crippen LogP contribution in [0.5, 0.6) is 0 Å². The van der Waals surface area contributed by atoms with Crippen LogP contribution in [0.1, 0.15) is 0 Å². The van der Waals surface area contributed by atoms with E-state index in [0.717, 1.165) is 29.0 Å². The molecule has 0 aliphatic rings. The van der Waals surface area contributed by atoms with Gasteiger partial charge in [0.05, 0.1) is 0 Å². The van der Waals surface area contributed by atoms with Crippen molar-refractivity contribution in [2.45, 2.75) is 0 Å². The van der Waals surface area contributed by atoms with Gasteiger partial charge < -0.3 is 0 Å². The number of rotatable bonds is 0. The molecule has 10 heavy (non-hydrogen) atoms. The Morgan fingerprint density at radius 1 is 1.50 bits per heavy atom. The number of nitrogens with zero attached hydrogens (tertiary/aromatic N) is 1. The van der Waals surface area contributed by atoms with E-state index in [2.05, 4.69) is 0 Å². The van der Waals surface area contributed by atoms with Crippen molar-refractivity contribution in [3.63, 3.8) is 0 Å². The molecule has 0 aromatic carbocycles. The second kappa shape index (κ2) is 11.1. The normalized spacial score (nSPS) is 8.30. The molecule has 0 unspecified atom stereocenters. The third-order valence-corrected chi connectivity index (χ3v) is 1.20. The predicted molar refractivity (Wildman–Crippen MR) is 26.9 cm³/mol. The molecule has 2 N–H and O–H groups in total. The van der Waals surface area contributed by atoms with E-state index in [-0.39, 0.29) is 51.4 Å². The van der Waals surface area contributed by atoms with Gasteiger partial charge in [0.25, 0.3) is 0 Å². The molecule has 0 aliphatic carbocycles. The van der Waals surface area contributed by atoms with Gasteiger partial charge in [0.1, 0.15) is 0 Å². The Labute approximate surface area is 116 Å². The Bertz CT molecular complexity index is 178. The Morgan fingerprint density at radius 3 is 1.60 bits per heavy atom. The standard InChI is InChI=1S/CN.Fe.K.H2O4S.Zn.H/c1-2;;;1-5(2,3)4;;/h;;;(H2,1,2,3,4);;. The van der Waals surface area contributed by atoms with Gasteiger partial charge in [-0.15, -0.1) is 0 Å². The molecule has 0 radical (unpaired) electrons. The molecule has 9 heteroatoms. The second-order valence-corrected chi connectivity index (χ2v) is 4.35. The van der Waals surface area contributed by atoms with Crippen LogP contribution in [0, 0.1) is 10.2 Å². The first-order valence-corrected chi connectivity index (χ1v) is 8.40. The monoisotopic (exact) mass is 284 g/mol. The van der Waals surface area contributed by atoms with E-state index in [4.69, 9.17) is 22.8 Å². The molecule has 53 valence electrons. The average Bonchev–Trinajstić information content (AvgIpc) is 1.61. The first-order valence-electron chi connectivity index (χ1n) is 1.35. The quantitative estimate of drug-likeness (QED) is 0.426. The molecule has 0 heterocycles. The van der Waals surface area contributed by atoms with Crippen LogP contribution < -0.4 is 0 Å². The Balaban J connectivity index is -0.0000000910. The molecule has 0 saturated heterocycles. The molecule has 0 rings (SSSR count). The van der Waals surface area contributed by atoms with Gasteiger partial charge >= 0.3 is 101 Å². The van der Waals surface area contributed by atoms with Crippen LogP contribution in [-0.2, 0) is 39.4 Å². The van der Waals surface area contributed by atoms with E-state index in [1.807, 2.05) is 4.97 Å². The fourth-order valence-electron chi connectivity index (χ4n) is 0. The molecular weight excluding hydrogens is 282 g/mol. The molecule has 0 atom stereocenters. The van der Waals surface area contributed by atoms with Crippen molar-refractivity contribution in [1.29, 1.82) is 5.26 Å². The van der Waals surface area contributed by atoms with E-state index in [1.54, 1.807) is 0 Å². The molecule has 5 nitrogen and oxygen atoms in total. The maximum absolute atomic E-state index is 8.74. The third kappa shape index (κ3) is 85.9. The van der Waals surface area contributed by atoms with Gasteiger partial charge in [-0.05, 0) is 0 Å². The summed E-state index contributed by atoms with van der Waals surface area (Å²) in [4.78, 5) is 1.99. The van der Waals surface area contributed by atoms with Crippen molar-refractivity contribution in [1.82, 2.24) is 0 Å². The molecule has 0 bridgehead atoms. The van der Waals surface area contributed by atoms with Crippen molar-refractivity contribution in [2.75, 3.05) is 0 Å². The zero-order chi connectivity index (χ0) is 7.91. The summed E-state index contributed by atoms with van der Waals surface area (Å²) in [6.45, 7) is 0. The Morgan fingerprint density at radius 2 is 1.60 bits per heavy atom. The summed E-state index contributed by atoms with van der Waals surface area (Å²) < 4.78 is 31.6. The average molecular weight is 285 g/mol. The van der Waals surface area contributed by atoms with E-state index < -0.39 is 10.4 Å². The van der Waals surface area contributed by atoms with Crippen molar-refractivity contribution in [3.05, 3.63) is 0 Å². The molecule has 0 fully saturated rings. The molecule has 0 saturated carbocycles. The summed E-state index contributed by atoms with van der Waals surface area (Å²) >= 11 is 1.86. The van der Waals surface area contributed by atoms with Gasteiger partial charge in [0.15, 0.2) is 0 Å². The number of hydrogen-bond acceptors (Lipinski definition) is 3. The van der Waals surface area contributed by atoms with Crippen molar-refractivity contribution in [2.24, 2.45) is 0 Å². The molecule has 0 aromatic heterocycles. The summed E-state index contributed by atoms with van der Waals surface area (Å²) in [6.07, 6.45) is 0. The summed E-state index contributed by atoms with van der Waals surface area (Å²) in [5, 5.41) is 7.66. The first kappa shape index (κ1) is 18.0. The minimum atomic E-state index is -4.67. The fourth-order valence-corrected chi connectivity index (χ4v) is 0. The number of nitriles is 1. The van der Waals surface area contributed by atoms with E-state index in [9.17, 15) is 0 Å². The third-order valence-electron chi connectivity index (χ3n) is 0.0559. The van der Waals surface area contributed by atoms with Crippen LogP contribution in [0.15, 0.2) is 0 Å². The summed E-state index contributed by atoms with van der Waals surface area (Å²) in [7, 11) is -4.67. The van der Waals surface area contributed by atoms with Gasteiger partial charge in [-0.25, -0.2) is 0 Å². The molecular formula is CH3FeKNO4SZn. The SMILES string of the molecule is N#[C][Fe][Zn].O=S(=O)(O)O.[KH]. The van der Waals surface area contributed by atoms with Crippen LogP contribution >= 0.6 is 0 Å². The summed E-state index contributed by atoms with van der Waals surface area (Å²) in [5.41, 5.74) is 0. The summed E-state index contributed by atoms with van der Waals surface area (Å²) in [5.74, 6) is 0. The van der Waals surface area contributed by atoms with Crippen molar-refractivity contribution in [3.8, 4) is 4.97 Å². The van der Waals surface area contributed by atoms with Crippen LogP contribution in [0.3, 0.4) is 0 Å². The Kier molecular flexibility index (Phi) is 20.1. The van der Waals surface area contributed by atoms with E-state index in [1.165, 1.54) is 0 Å². The molecule has 0 amide bonds. The maximum atomic E-state index is 8.74. The van der Waals surface area contributed by atoms with Crippen molar-refractivity contribution >= 4 is 61.8 Å². The topological polar surface area (TPSA) is 98.4 Å².